The zero-order valence-corrected chi connectivity index (χ0v) is 29.1. The van der Waals surface area contributed by atoms with Crippen LogP contribution in [-0.4, -0.2) is 66.2 Å². The predicted octanol–water partition coefficient (Wildman–Crippen LogP) is -4.26. The van der Waals surface area contributed by atoms with Crippen molar-refractivity contribution in [2.45, 2.75) is 9.79 Å². The van der Waals surface area contributed by atoms with Crippen molar-refractivity contribution < 1.29 is 90.2 Å². The average Bonchev–Trinajstić information content (AvgIpc) is 2.93. The monoisotopic (exact) mass is 642 g/mol. The number of hydrogen-bond donors (Lipinski definition) is 3. The maximum absolute atomic E-state index is 12.3. The van der Waals surface area contributed by atoms with E-state index in [1.807, 2.05) is 0 Å². The van der Waals surface area contributed by atoms with Gasteiger partial charge in [0.05, 0.1) is 27.7 Å². The summed E-state index contributed by atoms with van der Waals surface area (Å²) < 4.78 is 73.1. The molecular formula is C26H24N6Na2O7S2. The molecule has 0 saturated heterocycles. The van der Waals surface area contributed by atoms with Gasteiger partial charge < -0.3 is 30.2 Å². The molecule has 4 N–H and O–H groups in total. The van der Waals surface area contributed by atoms with Crippen LogP contribution in [0.15, 0.2) is 88.7 Å². The molecule has 0 spiro atoms. The molecule has 0 atom stereocenters. The van der Waals surface area contributed by atoms with Gasteiger partial charge in [0.2, 0.25) is 11.9 Å². The average molecular weight is 643 g/mol. The molecule has 0 fully saturated rings. The number of nitrogens with one attached hydrogen (secondary N) is 1. The third kappa shape index (κ3) is 9.06. The van der Waals surface area contributed by atoms with E-state index in [0.717, 1.165) is 12.1 Å². The molecule has 0 aliphatic heterocycles. The van der Waals surface area contributed by atoms with Crippen molar-refractivity contribution in [1.82, 2.24) is 15.0 Å². The van der Waals surface area contributed by atoms with E-state index >= 15 is 0 Å². The molecule has 0 amide bonds. The molecule has 0 aliphatic carbocycles. The van der Waals surface area contributed by atoms with Crippen molar-refractivity contribution in [1.29, 1.82) is 0 Å². The number of benzene rings is 3. The molecule has 0 bridgehead atoms. The first kappa shape index (κ1) is 36.8. The zero-order chi connectivity index (χ0) is 29.8. The van der Waals surface area contributed by atoms with Crippen LogP contribution in [0.1, 0.15) is 17.0 Å². The Balaban J connectivity index is 0.00000323. The Morgan fingerprint density at radius 3 is 1.88 bits per heavy atom. The SMILES string of the molecule is CN(CCO)c1nc(Nc2ccccc2)nc(C(=C(N)c2ccccc2S(=O)(=O)[O-])c2ccccc2S(=O)(=O)[O-])n1.[Na+].[Na+]. The number of nitrogens with two attached hydrogens (primary N) is 1. The van der Waals surface area contributed by atoms with Crippen LogP contribution < -0.4 is 75.1 Å². The maximum atomic E-state index is 12.3. The zero-order valence-electron chi connectivity index (χ0n) is 23.5. The molecule has 17 heteroatoms. The summed E-state index contributed by atoms with van der Waals surface area (Å²) in [4.78, 5) is 13.4. The van der Waals surface area contributed by atoms with E-state index < -0.39 is 30.0 Å². The number of likely N-dealkylation sites (N-methyl/N-ethyl adjacent to an activating group) is 1. The number of aliphatic hydroxyl groups excluding tert-OH is 1. The first-order chi connectivity index (χ1) is 19.4. The van der Waals surface area contributed by atoms with Gasteiger partial charge in [-0.1, -0.05) is 54.6 Å². The summed E-state index contributed by atoms with van der Waals surface area (Å²) in [6.07, 6.45) is 0. The minimum atomic E-state index is -5.08. The van der Waals surface area contributed by atoms with Crippen LogP contribution in [-0.2, 0) is 20.2 Å². The number of hydrogen-bond acceptors (Lipinski definition) is 13. The van der Waals surface area contributed by atoms with Gasteiger partial charge in [-0.15, -0.1) is 0 Å². The summed E-state index contributed by atoms with van der Waals surface area (Å²) >= 11 is 0. The van der Waals surface area contributed by atoms with Gasteiger partial charge >= 0.3 is 59.1 Å². The van der Waals surface area contributed by atoms with Crippen LogP contribution in [0.5, 0.6) is 0 Å². The smallest absolute Gasteiger partial charge is 0.744 e. The van der Waals surface area contributed by atoms with Gasteiger partial charge in [0.15, 0.2) is 5.82 Å². The third-order valence-electron chi connectivity index (χ3n) is 5.80. The molecule has 214 valence electrons. The number of rotatable bonds is 10. The molecule has 4 rings (SSSR count). The second kappa shape index (κ2) is 15.5. The third-order valence-corrected chi connectivity index (χ3v) is 7.58. The molecule has 1 heterocycles. The number of anilines is 3. The Morgan fingerprint density at radius 1 is 0.814 bits per heavy atom. The van der Waals surface area contributed by atoms with E-state index in [0.29, 0.717) is 5.69 Å². The molecule has 3 aromatic carbocycles. The Labute approximate surface area is 293 Å². The molecule has 0 saturated carbocycles. The molecule has 4 aromatic rings. The summed E-state index contributed by atoms with van der Waals surface area (Å²) in [6.45, 7) is -0.151. The molecule has 0 unspecified atom stereocenters. The van der Waals surface area contributed by atoms with Gasteiger partial charge in [-0.3, -0.25) is 0 Å². The van der Waals surface area contributed by atoms with Gasteiger partial charge in [-0.05, 0) is 24.3 Å². The topological polar surface area (TPSA) is 215 Å². The predicted molar refractivity (Wildman–Crippen MR) is 149 cm³/mol. The van der Waals surface area contributed by atoms with Crippen molar-refractivity contribution in [2.24, 2.45) is 5.73 Å². The summed E-state index contributed by atoms with van der Waals surface area (Å²) in [7, 11) is -8.54. The first-order valence-corrected chi connectivity index (χ1v) is 14.7. The van der Waals surface area contributed by atoms with E-state index in [1.54, 1.807) is 37.4 Å². The molecule has 0 radical (unpaired) electrons. The van der Waals surface area contributed by atoms with Crippen LogP contribution in [0.4, 0.5) is 17.6 Å². The van der Waals surface area contributed by atoms with Crippen molar-refractivity contribution >= 4 is 49.1 Å². The van der Waals surface area contributed by atoms with Gasteiger partial charge in [0.25, 0.3) is 0 Å². The molecule has 43 heavy (non-hydrogen) atoms. The Bertz CT molecular complexity index is 1830. The van der Waals surface area contributed by atoms with Crippen molar-refractivity contribution in [2.75, 3.05) is 30.4 Å². The Hall–Kier alpha value is -2.41. The number of aliphatic hydroxyl groups is 1. The van der Waals surface area contributed by atoms with E-state index in [4.69, 9.17) is 5.73 Å². The molecule has 0 aliphatic rings. The molecule has 13 nitrogen and oxygen atoms in total. The number of nitrogens with zero attached hydrogens (tertiary/aromatic N) is 4. The van der Waals surface area contributed by atoms with Crippen LogP contribution in [0.2, 0.25) is 0 Å². The van der Waals surface area contributed by atoms with E-state index in [2.05, 4.69) is 20.3 Å². The number of aromatic nitrogens is 3. The van der Waals surface area contributed by atoms with Crippen molar-refractivity contribution in [3.8, 4) is 0 Å². The fraction of sp³-hybridized carbons (Fsp3) is 0.115. The van der Waals surface area contributed by atoms with Crippen LogP contribution in [0.25, 0.3) is 11.3 Å². The fourth-order valence-electron chi connectivity index (χ4n) is 3.92. The minimum Gasteiger partial charge on any atom is -0.744 e. The minimum absolute atomic E-state index is 0. The standard InChI is InChI=1S/C26H26N6O7S2.2Na/c1-32(15-16-33)26-30-24(29-25(31-26)28-17-9-3-2-4-10-17)22(18-11-5-7-13-20(18)40(34,35)36)23(27)19-12-6-8-14-21(19)41(37,38)39;;/h2-14,33H,15-16,27H2,1H3,(H,34,35,36)(H,37,38,39)(H,28,29,30,31);;/q;2*+1/p-2. The van der Waals surface area contributed by atoms with E-state index in [1.165, 1.54) is 41.3 Å². The summed E-state index contributed by atoms with van der Waals surface area (Å²) in [5.74, 6) is -0.233. The summed E-state index contributed by atoms with van der Waals surface area (Å²) in [5.41, 5.74) is 5.98. The Morgan fingerprint density at radius 2 is 1.33 bits per heavy atom. The summed E-state index contributed by atoms with van der Waals surface area (Å²) in [6, 6.07) is 19.0. The van der Waals surface area contributed by atoms with Gasteiger partial charge in [0.1, 0.15) is 20.2 Å². The largest absolute Gasteiger partial charge is 1.00 e. The second-order valence-corrected chi connectivity index (χ2v) is 11.3. The van der Waals surface area contributed by atoms with Gasteiger partial charge in [-0.25, -0.2) is 16.8 Å². The fourth-order valence-corrected chi connectivity index (χ4v) is 5.30. The van der Waals surface area contributed by atoms with Crippen LogP contribution >= 0.6 is 0 Å². The van der Waals surface area contributed by atoms with E-state index in [9.17, 15) is 31.0 Å². The van der Waals surface area contributed by atoms with Crippen LogP contribution in [0, 0.1) is 0 Å². The van der Waals surface area contributed by atoms with E-state index in [-0.39, 0.29) is 112 Å². The number of para-hydroxylation sites is 1. The van der Waals surface area contributed by atoms with Gasteiger partial charge in [0, 0.05) is 30.4 Å². The molecular weight excluding hydrogens is 618 g/mol. The normalized spacial score (nSPS) is 11.9. The first-order valence-electron chi connectivity index (χ1n) is 11.9. The van der Waals surface area contributed by atoms with Gasteiger partial charge in [-0.2, -0.15) is 15.0 Å². The van der Waals surface area contributed by atoms with Crippen LogP contribution in [0.3, 0.4) is 0 Å². The quantitative estimate of drug-likeness (QED) is 0.0850. The summed E-state index contributed by atoms with van der Waals surface area (Å²) in [5, 5.41) is 12.5. The van der Waals surface area contributed by atoms with Crippen molar-refractivity contribution in [3.63, 3.8) is 0 Å². The maximum Gasteiger partial charge on any atom is 1.00 e. The second-order valence-electron chi connectivity index (χ2n) is 8.61. The Kier molecular flexibility index (Phi) is 13.3. The van der Waals surface area contributed by atoms with Crippen molar-refractivity contribution in [3.05, 3.63) is 95.8 Å². The molecule has 1 aromatic heterocycles.